The number of unbranched alkanes of at least 4 members (excludes halogenated alkanes) is 9. The Morgan fingerprint density at radius 3 is 1.98 bits per heavy atom. The minimum Gasteiger partial charge on any atom is -0.507 e. The molecule has 2 aromatic rings. The van der Waals surface area contributed by atoms with Gasteiger partial charge in [-0.1, -0.05) is 76.8 Å². The Hall–Kier alpha value is -5.71. The number of aliphatic carboxylic acids is 1. The van der Waals surface area contributed by atoms with Gasteiger partial charge in [-0.25, -0.2) is 4.79 Å². The molecule has 1 heterocycles. The van der Waals surface area contributed by atoms with Crippen LogP contribution in [0.1, 0.15) is 109 Å². The molecule has 0 unspecified atom stereocenters. The number of carboxylic acids is 1. The van der Waals surface area contributed by atoms with Crippen molar-refractivity contribution in [1.29, 1.82) is 0 Å². The number of carboxylic acid groups (broad SMARTS) is 1. The number of aliphatic hydroxyl groups excluding tert-OH is 1. The summed E-state index contributed by atoms with van der Waals surface area (Å²) in [5, 5.41) is 51.2. The van der Waals surface area contributed by atoms with Crippen LogP contribution < -0.4 is 21.3 Å². The number of carbonyl (C=O) groups is 7. The average molecular weight is 839 g/mol. The molecule has 60 heavy (non-hydrogen) atoms. The van der Waals surface area contributed by atoms with Gasteiger partial charge >= 0.3 is 5.97 Å². The molecule has 0 saturated carbocycles. The molecular weight excluding hydrogens is 777 g/mol. The van der Waals surface area contributed by atoms with Gasteiger partial charge in [0.15, 0.2) is 0 Å². The van der Waals surface area contributed by atoms with E-state index in [1.54, 1.807) is 0 Å². The molecule has 0 spiro atoms. The Balaban J connectivity index is 1.67. The van der Waals surface area contributed by atoms with Crippen molar-refractivity contribution in [2.24, 2.45) is 0 Å². The van der Waals surface area contributed by atoms with Gasteiger partial charge in [0, 0.05) is 38.1 Å². The number of benzene rings is 2. The number of nitrogens with zero attached hydrogens (tertiary/aromatic N) is 2. The standard InChI is InChI=1S/C43H62N6O11/c1-6-7-8-9-10-11-12-13-14-15-16-36(53)48(4)33(25-50)41(57)45-26(2)39(55)44-24-37(54)49(5)38-29-18-20-35(52)31(23-29)30-21-28(17-19-34(30)51)22-32(43(59)60)47-40(56)27(3)46-42(38)58/h17-21,23,26-27,32-33,38,50-52H,6-16,22,24-25H2,1-5H3,(H,44,55)(H,45,57)(H,46,58)(H,47,56)(H,59,60)/t26-,27+,32+,33-,38+/m1/s1. The van der Waals surface area contributed by atoms with Crippen molar-refractivity contribution in [3.63, 3.8) is 0 Å². The average Bonchev–Trinajstić information content (AvgIpc) is 3.21. The zero-order chi connectivity index (χ0) is 44.5. The molecular formula is C43H62N6O11. The van der Waals surface area contributed by atoms with Crippen LogP contribution in [0, 0.1) is 0 Å². The van der Waals surface area contributed by atoms with Crippen molar-refractivity contribution in [3.05, 3.63) is 47.5 Å². The quantitative estimate of drug-likeness (QED) is 0.0900. The number of hydrogen-bond acceptors (Lipinski definition) is 10. The van der Waals surface area contributed by atoms with Gasteiger partial charge in [-0.3, -0.25) is 28.8 Å². The van der Waals surface area contributed by atoms with Crippen LogP contribution in [0.25, 0.3) is 11.1 Å². The van der Waals surface area contributed by atoms with E-state index >= 15 is 0 Å². The Labute approximate surface area is 351 Å². The summed E-state index contributed by atoms with van der Waals surface area (Å²) in [6.07, 6.45) is 11.0. The van der Waals surface area contributed by atoms with Crippen molar-refractivity contribution in [2.75, 3.05) is 27.2 Å². The highest BCUT2D eigenvalue weighted by Gasteiger charge is 2.34. The zero-order valence-electron chi connectivity index (χ0n) is 35.3. The minimum absolute atomic E-state index is 0.0664. The maximum Gasteiger partial charge on any atom is 0.326 e. The SMILES string of the molecule is CCCCCCCCCCCCC(=O)N(C)[C@H](CO)C(=O)N[C@H](C)C(=O)NCC(=O)N(C)[C@@H]1C(=O)N[C@@H](C)C(=O)N[C@H](C(=O)O)Cc2ccc(O)c(c2)-c2cc1ccc2O. The smallest absolute Gasteiger partial charge is 0.326 e. The topological polar surface area (TPSA) is 255 Å². The van der Waals surface area contributed by atoms with E-state index in [1.807, 2.05) is 0 Å². The van der Waals surface area contributed by atoms with Gasteiger partial charge < -0.3 is 51.5 Å². The van der Waals surface area contributed by atoms with E-state index in [2.05, 4.69) is 28.2 Å². The van der Waals surface area contributed by atoms with Crippen LogP contribution in [-0.4, -0.2) is 123 Å². The molecule has 3 rings (SSSR count). The van der Waals surface area contributed by atoms with Crippen LogP contribution in [0.2, 0.25) is 0 Å². The second-order valence-corrected chi connectivity index (χ2v) is 15.5. The van der Waals surface area contributed by atoms with Crippen LogP contribution in [0.5, 0.6) is 11.5 Å². The molecule has 330 valence electrons. The molecule has 0 radical (unpaired) electrons. The number of nitrogens with one attached hydrogen (secondary N) is 4. The Bertz CT molecular complexity index is 1840. The molecule has 8 N–H and O–H groups in total. The van der Waals surface area contributed by atoms with E-state index in [0.29, 0.717) is 12.0 Å². The fourth-order valence-corrected chi connectivity index (χ4v) is 6.96. The number of phenolic OH excluding ortho intramolecular Hbond substituents is 2. The van der Waals surface area contributed by atoms with E-state index < -0.39 is 78.9 Å². The summed E-state index contributed by atoms with van der Waals surface area (Å²) in [6, 6.07) is 1.63. The highest BCUT2D eigenvalue weighted by molar-refractivity contribution is 5.96. The first-order valence-corrected chi connectivity index (χ1v) is 20.7. The van der Waals surface area contributed by atoms with Crippen LogP contribution in [0.3, 0.4) is 0 Å². The van der Waals surface area contributed by atoms with Gasteiger partial charge in [-0.05, 0) is 55.7 Å². The van der Waals surface area contributed by atoms with Gasteiger partial charge in [-0.2, -0.15) is 0 Å². The predicted octanol–water partition coefficient (Wildman–Crippen LogP) is 2.65. The number of amides is 6. The summed E-state index contributed by atoms with van der Waals surface area (Å²) in [5.74, 6) is -6.24. The van der Waals surface area contributed by atoms with Gasteiger partial charge in [0.1, 0.15) is 41.7 Å². The fourth-order valence-electron chi connectivity index (χ4n) is 6.96. The molecule has 0 fully saturated rings. The predicted molar refractivity (Wildman–Crippen MR) is 222 cm³/mol. The zero-order valence-corrected chi connectivity index (χ0v) is 35.3. The molecule has 0 aliphatic carbocycles. The molecule has 0 saturated heterocycles. The molecule has 1 aliphatic heterocycles. The monoisotopic (exact) mass is 838 g/mol. The number of rotatable bonds is 20. The number of carbonyl (C=O) groups excluding carboxylic acids is 6. The van der Waals surface area contributed by atoms with E-state index in [9.17, 15) is 54.0 Å². The number of aromatic hydroxyl groups is 2. The maximum absolute atomic E-state index is 13.9. The van der Waals surface area contributed by atoms with Crippen molar-refractivity contribution >= 4 is 41.4 Å². The number of phenols is 2. The highest BCUT2D eigenvalue weighted by atomic mass is 16.4. The molecule has 4 bridgehead atoms. The molecule has 6 amide bonds. The molecule has 2 aromatic carbocycles. The first-order valence-electron chi connectivity index (χ1n) is 20.7. The van der Waals surface area contributed by atoms with Crippen LogP contribution in [0.15, 0.2) is 36.4 Å². The van der Waals surface area contributed by atoms with E-state index in [1.165, 1.54) is 103 Å². The van der Waals surface area contributed by atoms with Gasteiger partial charge in [0.05, 0.1) is 13.2 Å². The Morgan fingerprint density at radius 1 is 0.800 bits per heavy atom. The molecule has 5 atom stereocenters. The third kappa shape index (κ3) is 14.0. The summed E-state index contributed by atoms with van der Waals surface area (Å²) in [7, 11) is 2.69. The lowest BCUT2D eigenvalue weighted by atomic mass is 9.94. The summed E-state index contributed by atoms with van der Waals surface area (Å²) < 4.78 is 0. The second kappa shape index (κ2) is 23.8. The van der Waals surface area contributed by atoms with Crippen LogP contribution in [-0.2, 0) is 40.0 Å². The van der Waals surface area contributed by atoms with Crippen LogP contribution >= 0.6 is 0 Å². The maximum atomic E-state index is 13.9. The lowest BCUT2D eigenvalue weighted by Crippen LogP contribution is -2.55. The molecule has 0 aromatic heterocycles. The fraction of sp³-hybridized carbons (Fsp3) is 0.558. The molecule has 1 aliphatic rings. The van der Waals surface area contributed by atoms with E-state index in [4.69, 9.17) is 0 Å². The number of hydrogen-bond donors (Lipinski definition) is 8. The third-order valence-electron chi connectivity index (χ3n) is 10.8. The first-order chi connectivity index (χ1) is 28.5. The highest BCUT2D eigenvalue weighted by Crippen LogP contribution is 2.38. The van der Waals surface area contributed by atoms with E-state index in [0.717, 1.165) is 29.1 Å². The summed E-state index contributed by atoms with van der Waals surface area (Å²) in [5.41, 5.74) is 0.725. The van der Waals surface area contributed by atoms with Crippen molar-refractivity contribution in [1.82, 2.24) is 31.1 Å². The normalized spacial score (nSPS) is 17.5. The summed E-state index contributed by atoms with van der Waals surface area (Å²) in [6.45, 7) is 3.55. The third-order valence-corrected chi connectivity index (χ3v) is 10.8. The van der Waals surface area contributed by atoms with Crippen molar-refractivity contribution in [2.45, 2.75) is 128 Å². The number of likely N-dealkylation sites (N-methyl/N-ethyl adjacent to an activating group) is 2. The van der Waals surface area contributed by atoms with Crippen molar-refractivity contribution < 1.29 is 54.0 Å². The minimum atomic E-state index is -1.47. The van der Waals surface area contributed by atoms with Crippen LogP contribution in [0.4, 0.5) is 0 Å². The van der Waals surface area contributed by atoms with Gasteiger partial charge in [0.2, 0.25) is 35.4 Å². The lowest BCUT2D eigenvalue weighted by Gasteiger charge is -2.30. The molecule has 17 nitrogen and oxygen atoms in total. The van der Waals surface area contributed by atoms with E-state index in [-0.39, 0.29) is 46.9 Å². The second-order valence-electron chi connectivity index (χ2n) is 15.5. The summed E-state index contributed by atoms with van der Waals surface area (Å²) >= 11 is 0. The van der Waals surface area contributed by atoms with Gasteiger partial charge in [0.25, 0.3) is 0 Å². The largest absolute Gasteiger partial charge is 0.507 e. The summed E-state index contributed by atoms with van der Waals surface area (Å²) in [4.78, 5) is 93.8. The molecule has 17 heteroatoms. The lowest BCUT2D eigenvalue weighted by molar-refractivity contribution is -0.143. The first kappa shape index (κ1) is 48.7. The van der Waals surface area contributed by atoms with Gasteiger partial charge in [-0.15, -0.1) is 0 Å². The Morgan fingerprint density at radius 2 is 1.38 bits per heavy atom. The number of fused-ring (bicyclic) bond motifs is 5. The Kier molecular flexibility index (Phi) is 19.3. The number of aliphatic hydroxyl groups is 1. The van der Waals surface area contributed by atoms with Crippen molar-refractivity contribution in [3.8, 4) is 22.6 Å².